The highest BCUT2D eigenvalue weighted by Gasteiger charge is 2.24. The Labute approximate surface area is 111 Å². The Bertz CT molecular complexity index is 649. The summed E-state index contributed by atoms with van der Waals surface area (Å²) >= 11 is 0. The third kappa shape index (κ3) is 2.13. The molecule has 1 unspecified atom stereocenters. The molecule has 0 aromatic heterocycles. The van der Waals surface area contributed by atoms with Gasteiger partial charge in [-0.2, -0.15) is 0 Å². The van der Waals surface area contributed by atoms with Gasteiger partial charge in [0.05, 0.1) is 11.4 Å². The van der Waals surface area contributed by atoms with Crippen molar-refractivity contribution in [3.63, 3.8) is 0 Å². The minimum Gasteiger partial charge on any atom is -0.328 e. The third-order valence-electron chi connectivity index (χ3n) is 3.07. The van der Waals surface area contributed by atoms with Crippen LogP contribution in [-0.4, -0.2) is 17.8 Å². The van der Waals surface area contributed by atoms with Gasteiger partial charge in [0.2, 0.25) is 0 Å². The molecule has 0 saturated carbocycles. The summed E-state index contributed by atoms with van der Waals surface area (Å²) in [4.78, 5) is 16.3. The summed E-state index contributed by atoms with van der Waals surface area (Å²) < 4.78 is 0. The molecular formula is C15H14N3O+. The molecule has 4 N–H and O–H groups in total. The number of para-hydroxylation sites is 1. The molecule has 0 fully saturated rings. The second kappa shape index (κ2) is 4.66. The number of hydrogen-bond acceptors (Lipinski definition) is 2. The van der Waals surface area contributed by atoms with Crippen LogP contribution >= 0.6 is 0 Å². The van der Waals surface area contributed by atoms with Gasteiger partial charge in [-0.05, 0) is 6.07 Å². The van der Waals surface area contributed by atoms with Crippen molar-refractivity contribution < 1.29 is 10.5 Å². The number of benzene rings is 2. The molecule has 1 heterocycles. The van der Waals surface area contributed by atoms with E-state index in [-0.39, 0.29) is 5.91 Å². The van der Waals surface area contributed by atoms with Gasteiger partial charge in [0.1, 0.15) is 0 Å². The van der Waals surface area contributed by atoms with Crippen molar-refractivity contribution in [1.29, 1.82) is 0 Å². The lowest BCUT2D eigenvalue weighted by Crippen LogP contribution is -2.65. The van der Waals surface area contributed by atoms with E-state index in [1.54, 1.807) is 0 Å². The summed E-state index contributed by atoms with van der Waals surface area (Å²) in [5.41, 5.74) is 7.29. The smallest absolute Gasteiger partial charge is 0.306 e. The molecule has 0 spiro atoms. The molecule has 3 rings (SSSR count). The predicted octanol–water partition coefficient (Wildman–Crippen LogP) is 1.04. The molecule has 0 radical (unpaired) electrons. The van der Waals surface area contributed by atoms with Crippen LogP contribution < -0.4 is 11.1 Å². The van der Waals surface area contributed by atoms with E-state index in [0.717, 1.165) is 22.5 Å². The van der Waals surface area contributed by atoms with Crippen LogP contribution in [0.5, 0.6) is 0 Å². The molecule has 4 heteroatoms. The SMILES string of the molecule is [NH3+]C1N=C(c2ccccc2)c2ccccc2NC1=O. The van der Waals surface area contributed by atoms with Crippen molar-refractivity contribution in [3.8, 4) is 0 Å². The number of fused-ring (bicyclic) bond motifs is 1. The zero-order chi connectivity index (χ0) is 13.2. The van der Waals surface area contributed by atoms with Gasteiger partial charge >= 0.3 is 5.91 Å². The van der Waals surface area contributed by atoms with Gasteiger partial charge in [-0.1, -0.05) is 48.5 Å². The van der Waals surface area contributed by atoms with Crippen molar-refractivity contribution in [2.45, 2.75) is 6.17 Å². The van der Waals surface area contributed by atoms with Crippen molar-refractivity contribution >= 4 is 17.3 Å². The molecular weight excluding hydrogens is 238 g/mol. The zero-order valence-corrected chi connectivity index (χ0v) is 10.3. The molecule has 1 amide bonds. The number of rotatable bonds is 1. The molecule has 1 aliphatic heterocycles. The first kappa shape index (κ1) is 11.6. The number of nitrogens with one attached hydrogen (secondary N) is 1. The molecule has 2 aromatic carbocycles. The lowest BCUT2D eigenvalue weighted by molar-refractivity contribution is -0.399. The van der Waals surface area contributed by atoms with Crippen LogP contribution in [0.2, 0.25) is 0 Å². The number of carbonyl (C=O) groups is 1. The number of benzodiazepines with no additional fused rings is 1. The minimum atomic E-state index is -0.636. The quantitative estimate of drug-likeness (QED) is 0.782. The summed E-state index contributed by atoms with van der Waals surface area (Å²) in [6, 6.07) is 17.5. The van der Waals surface area contributed by atoms with Crippen molar-refractivity contribution in [1.82, 2.24) is 0 Å². The monoisotopic (exact) mass is 252 g/mol. The third-order valence-corrected chi connectivity index (χ3v) is 3.07. The van der Waals surface area contributed by atoms with E-state index in [9.17, 15) is 4.79 Å². The van der Waals surface area contributed by atoms with E-state index in [0.29, 0.717) is 0 Å². The van der Waals surface area contributed by atoms with E-state index >= 15 is 0 Å². The Kier molecular flexibility index (Phi) is 2.85. The summed E-state index contributed by atoms with van der Waals surface area (Å²) in [5, 5.41) is 2.86. The number of aliphatic imine (C=N–C) groups is 1. The molecule has 19 heavy (non-hydrogen) atoms. The van der Waals surface area contributed by atoms with Crippen LogP contribution in [0, 0.1) is 0 Å². The van der Waals surface area contributed by atoms with E-state index in [1.807, 2.05) is 54.6 Å². The van der Waals surface area contributed by atoms with E-state index in [4.69, 9.17) is 0 Å². The highest BCUT2D eigenvalue weighted by molar-refractivity contribution is 6.19. The fraction of sp³-hybridized carbons (Fsp3) is 0.0667. The number of anilines is 1. The first-order valence-electron chi connectivity index (χ1n) is 6.12. The molecule has 1 atom stereocenters. The zero-order valence-electron chi connectivity index (χ0n) is 10.3. The van der Waals surface area contributed by atoms with Crippen LogP contribution in [0.1, 0.15) is 11.1 Å². The second-order valence-corrected chi connectivity index (χ2v) is 4.39. The van der Waals surface area contributed by atoms with Crippen LogP contribution in [0.25, 0.3) is 0 Å². The Balaban J connectivity index is 2.21. The maximum absolute atomic E-state index is 11.9. The standard InChI is InChI=1S/C15H13N3O/c16-14-15(19)17-12-9-5-4-8-11(12)13(18-14)10-6-2-1-3-7-10/h1-9,14H,16H2,(H,17,19)/p+1. The van der Waals surface area contributed by atoms with Gasteiger partial charge in [-0.25, -0.2) is 4.99 Å². The summed E-state index contributed by atoms with van der Waals surface area (Å²) in [5.74, 6) is -0.182. The first-order chi connectivity index (χ1) is 9.25. The van der Waals surface area contributed by atoms with Crippen LogP contribution in [0.3, 0.4) is 0 Å². The van der Waals surface area contributed by atoms with Gasteiger partial charge in [0.25, 0.3) is 6.17 Å². The number of hydrogen-bond donors (Lipinski definition) is 2. The fourth-order valence-corrected chi connectivity index (χ4v) is 2.12. The number of amides is 1. The maximum atomic E-state index is 11.9. The fourth-order valence-electron chi connectivity index (χ4n) is 2.12. The normalized spacial score (nSPS) is 18.1. The maximum Gasteiger partial charge on any atom is 0.306 e. The largest absolute Gasteiger partial charge is 0.328 e. The van der Waals surface area contributed by atoms with E-state index < -0.39 is 6.17 Å². The highest BCUT2D eigenvalue weighted by atomic mass is 16.2. The lowest BCUT2D eigenvalue weighted by Gasteiger charge is -2.08. The first-order valence-corrected chi connectivity index (χ1v) is 6.12. The van der Waals surface area contributed by atoms with Crippen LogP contribution in [0.4, 0.5) is 5.69 Å². The topological polar surface area (TPSA) is 69.1 Å². The lowest BCUT2D eigenvalue weighted by atomic mass is 10.0. The van der Waals surface area contributed by atoms with E-state index in [2.05, 4.69) is 16.0 Å². The molecule has 0 saturated heterocycles. The van der Waals surface area contributed by atoms with Crippen LogP contribution in [-0.2, 0) is 4.79 Å². The number of carbonyl (C=O) groups excluding carboxylic acids is 1. The molecule has 0 bridgehead atoms. The van der Waals surface area contributed by atoms with Gasteiger partial charge in [0.15, 0.2) is 0 Å². The Morgan fingerprint density at radius 2 is 1.68 bits per heavy atom. The Morgan fingerprint density at radius 1 is 1.00 bits per heavy atom. The Hall–Kier alpha value is -2.46. The summed E-state index contributed by atoms with van der Waals surface area (Å²) in [6.07, 6.45) is -0.636. The Morgan fingerprint density at radius 3 is 2.47 bits per heavy atom. The number of nitrogens with zero attached hydrogens (tertiary/aromatic N) is 1. The van der Waals surface area contributed by atoms with E-state index in [1.165, 1.54) is 0 Å². The highest BCUT2D eigenvalue weighted by Crippen LogP contribution is 2.22. The van der Waals surface area contributed by atoms with Gasteiger partial charge < -0.3 is 11.1 Å². The minimum absolute atomic E-state index is 0.182. The van der Waals surface area contributed by atoms with Gasteiger partial charge in [-0.3, -0.25) is 4.79 Å². The van der Waals surface area contributed by atoms with Gasteiger partial charge in [0, 0.05) is 11.1 Å². The predicted molar refractivity (Wildman–Crippen MR) is 73.8 cm³/mol. The van der Waals surface area contributed by atoms with Crippen molar-refractivity contribution in [2.24, 2.45) is 4.99 Å². The average Bonchev–Trinajstić information content (AvgIpc) is 2.58. The second-order valence-electron chi connectivity index (χ2n) is 4.39. The average molecular weight is 252 g/mol. The van der Waals surface area contributed by atoms with Crippen molar-refractivity contribution in [2.75, 3.05) is 5.32 Å². The summed E-state index contributed by atoms with van der Waals surface area (Å²) in [6.45, 7) is 0. The molecule has 2 aromatic rings. The molecule has 94 valence electrons. The molecule has 4 nitrogen and oxygen atoms in total. The van der Waals surface area contributed by atoms with Crippen LogP contribution in [0.15, 0.2) is 59.6 Å². The number of quaternary nitrogens is 1. The van der Waals surface area contributed by atoms with Gasteiger partial charge in [-0.15, -0.1) is 0 Å². The molecule has 1 aliphatic rings. The summed E-state index contributed by atoms with van der Waals surface area (Å²) in [7, 11) is 0. The molecule has 0 aliphatic carbocycles. The van der Waals surface area contributed by atoms with Crippen molar-refractivity contribution in [3.05, 3.63) is 65.7 Å².